The molecule has 86 valence electrons. The third kappa shape index (κ3) is 3.55. The molecular weight excluding hydrogens is 196 g/mol. The van der Waals surface area contributed by atoms with E-state index in [-0.39, 0.29) is 0 Å². The van der Waals surface area contributed by atoms with Gasteiger partial charge in [0.25, 0.3) is 0 Å². The van der Waals surface area contributed by atoms with Gasteiger partial charge in [-0.3, -0.25) is 4.90 Å². The summed E-state index contributed by atoms with van der Waals surface area (Å²) in [4.78, 5) is 2.24. The summed E-state index contributed by atoms with van der Waals surface area (Å²) >= 11 is 0. The zero-order chi connectivity index (χ0) is 12.0. The van der Waals surface area contributed by atoms with E-state index in [9.17, 15) is 0 Å². The van der Waals surface area contributed by atoms with Crippen molar-refractivity contribution >= 4 is 5.69 Å². The number of nitrogen functional groups attached to an aromatic ring is 1. The molecule has 0 unspecified atom stereocenters. The lowest BCUT2D eigenvalue weighted by Crippen LogP contribution is -2.23. The van der Waals surface area contributed by atoms with Crippen molar-refractivity contribution in [1.29, 1.82) is 0 Å². The number of anilines is 1. The van der Waals surface area contributed by atoms with Crippen LogP contribution in [0.3, 0.4) is 0 Å². The second kappa shape index (κ2) is 6.13. The van der Waals surface area contributed by atoms with Crippen LogP contribution in [0, 0.1) is 6.92 Å². The van der Waals surface area contributed by atoms with Crippen molar-refractivity contribution in [2.75, 3.05) is 18.8 Å². The molecule has 16 heavy (non-hydrogen) atoms. The minimum Gasteiger partial charge on any atom is -0.398 e. The highest BCUT2D eigenvalue weighted by Crippen LogP contribution is 2.16. The van der Waals surface area contributed by atoms with E-state index in [1.54, 1.807) is 0 Å². The average Bonchev–Trinajstić information content (AvgIpc) is 2.24. The molecule has 0 bridgehead atoms. The second-order valence-electron chi connectivity index (χ2n) is 3.97. The van der Waals surface area contributed by atoms with Gasteiger partial charge >= 0.3 is 0 Å². The van der Waals surface area contributed by atoms with Gasteiger partial charge in [0.15, 0.2) is 0 Å². The maximum Gasteiger partial charge on any atom is 0.0359 e. The van der Waals surface area contributed by atoms with Gasteiger partial charge in [-0.2, -0.15) is 0 Å². The molecule has 0 saturated heterocycles. The molecule has 0 aromatic heterocycles. The zero-order valence-electron chi connectivity index (χ0n) is 9.95. The Bertz CT molecular complexity index is 359. The summed E-state index contributed by atoms with van der Waals surface area (Å²) in [5, 5.41) is 0. The van der Waals surface area contributed by atoms with Gasteiger partial charge in [-0.1, -0.05) is 29.8 Å². The van der Waals surface area contributed by atoms with Crippen LogP contribution in [0.4, 0.5) is 5.69 Å². The Morgan fingerprint density at radius 2 is 1.88 bits per heavy atom. The molecule has 2 N–H and O–H groups in total. The minimum absolute atomic E-state index is 0.839. The fourth-order valence-corrected chi connectivity index (χ4v) is 1.68. The summed E-state index contributed by atoms with van der Waals surface area (Å²) in [5.41, 5.74) is 9.21. The van der Waals surface area contributed by atoms with Gasteiger partial charge in [0.1, 0.15) is 0 Å². The highest BCUT2D eigenvalue weighted by Gasteiger charge is 2.05. The molecule has 0 radical (unpaired) electrons. The van der Waals surface area contributed by atoms with E-state index in [1.807, 2.05) is 24.3 Å². The molecule has 2 nitrogen and oxygen atoms in total. The van der Waals surface area contributed by atoms with Crippen LogP contribution < -0.4 is 5.73 Å². The molecular formula is C14H20N2. The minimum atomic E-state index is 0.839. The first-order valence-corrected chi connectivity index (χ1v) is 5.46. The summed E-state index contributed by atoms with van der Waals surface area (Å²) in [7, 11) is 0. The van der Waals surface area contributed by atoms with Crippen molar-refractivity contribution < 1.29 is 0 Å². The number of nitrogens with two attached hydrogens (primary N) is 1. The fourth-order valence-electron chi connectivity index (χ4n) is 1.68. The van der Waals surface area contributed by atoms with Crippen molar-refractivity contribution in [3.63, 3.8) is 0 Å². The molecule has 1 aromatic carbocycles. The lowest BCUT2D eigenvalue weighted by atomic mass is 10.1. The van der Waals surface area contributed by atoms with Crippen LogP contribution in [0.1, 0.15) is 11.1 Å². The molecule has 0 aliphatic carbocycles. The highest BCUT2D eigenvalue weighted by molar-refractivity contribution is 5.48. The third-order valence-electron chi connectivity index (χ3n) is 2.47. The molecule has 0 amide bonds. The first-order valence-electron chi connectivity index (χ1n) is 5.46. The van der Waals surface area contributed by atoms with Gasteiger partial charge in [0.2, 0.25) is 0 Å². The van der Waals surface area contributed by atoms with E-state index in [4.69, 9.17) is 5.73 Å². The Morgan fingerprint density at radius 1 is 1.25 bits per heavy atom. The lowest BCUT2D eigenvalue weighted by Gasteiger charge is -2.20. The number of rotatable bonds is 6. The van der Waals surface area contributed by atoms with Crippen LogP contribution >= 0.6 is 0 Å². The van der Waals surface area contributed by atoms with Crippen LogP contribution in [-0.2, 0) is 6.54 Å². The van der Waals surface area contributed by atoms with Crippen molar-refractivity contribution in [2.24, 2.45) is 0 Å². The molecule has 1 aromatic rings. The number of nitrogens with zero attached hydrogens (tertiary/aromatic N) is 1. The topological polar surface area (TPSA) is 29.3 Å². The number of aryl methyl sites for hydroxylation is 1. The second-order valence-corrected chi connectivity index (χ2v) is 3.97. The van der Waals surface area contributed by atoms with Gasteiger partial charge in [0, 0.05) is 25.3 Å². The summed E-state index contributed by atoms with van der Waals surface area (Å²) in [6.07, 6.45) is 3.80. The highest BCUT2D eigenvalue weighted by atomic mass is 15.1. The Morgan fingerprint density at radius 3 is 2.44 bits per heavy atom. The summed E-state index contributed by atoms with van der Waals surface area (Å²) < 4.78 is 0. The standard InChI is InChI=1S/C14H20N2/c1-4-8-16(9-5-2)11-13-10-12(3)6-7-14(13)15/h4-7,10H,1-2,8-9,11,15H2,3H3. The molecule has 0 aliphatic rings. The lowest BCUT2D eigenvalue weighted by molar-refractivity contribution is 0.328. The quantitative estimate of drug-likeness (QED) is 0.585. The van der Waals surface area contributed by atoms with Gasteiger partial charge < -0.3 is 5.73 Å². The number of benzene rings is 1. The van der Waals surface area contributed by atoms with Crippen molar-refractivity contribution in [3.05, 3.63) is 54.6 Å². The van der Waals surface area contributed by atoms with Crippen molar-refractivity contribution in [3.8, 4) is 0 Å². The first kappa shape index (κ1) is 12.5. The van der Waals surface area contributed by atoms with E-state index in [0.717, 1.165) is 25.3 Å². The third-order valence-corrected chi connectivity index (χ3v) is 2.47. The Labute approximate surface area is 98.1 Å². The molecule has 0 fully saturated rings. The average molecular weight is 216 g/mol. The van der Waals surface area contributed by atoms with Crippen LogP contribution in [-0.4, -0.2) is 18.0 Å². The Hall–Kier alpha value is -1.54. The smallest absolute Gasteiger partial charge is 0.0359 e. The number of hydrogen-bond acceptors (Lipinski definition) is 2. The monoisotopic (exact) mass is 216 g/mol. The molecule has 0 aliphatic heterocycles. The SMILES string of the molecule is C=CCN(CC=C)Cc1cc(C)ccc1N. The van der Waals surface area contributed by atoms with Gasteiger partial charge in [-0.25, -0.2) is 0 Å². The maximum atomic E-state index is 5.95. The van der Waals surface area contributed by atoms with Crippen LogP contribution in [0.15, 0.2) is 43.5 Å². The number of hydrogen-bond donors (Lipinski definition) is 1. The van der Waals surface area contributed by atoms with E-state index in [2.05, 4.69) is 31.0 Å². The Kier molecular flexibility index (Phi) is 4.80. The van der Waals surface area contributed by atoms with Crippen LogP contribution in [0.5, 0.6) is 0 Å². The van der Waals surface area contributed by atoms with Gasteiger partial charge in [-0.15, -0.1) is 13.2 Å². The van der Waals surface area contributed by atoms with Crippen LogP contribution in [0.25, 0.3) is 0 Å². The largest absolute Gasteiger partial charge is 0.398 e. The van der Waals surface area contributed by atoms with E-state index in [0.29, 0.717) is 0 Å². The van der Waals surface area contributed by atoms with Gasteiger partial charge in [-0.05, 0) is 18.6 Å². The molecule has 1 rings (SSSR count). The van der Waals surface area contributed by atoms with E-state index < -0.39 is 0 Å². The predicted molar refractivity (Wildman–Crippen MR) is 71.3 cm³/mol. The summed E-state index contributed by atoms with van der Waals surface area (Å²) in [6.45, 7) is 12.1. The fraction of sp³-hybridized carbons (Fsp3) is 0.286. The molecule has 0 heterocycles. The van der Waals surface area contributed by atoms with E-state index >= 15 is 0 Å². The van der Waals surface area contributed by atoms with E-state index in [1.165, 1.54) is 11.1 Å². The summed E-state index contributed by atoms with van der Waals surface area (Å²) in [5.74, 6) is 0. The molecule has 0 saturated carbocycles. The summed E-state index contributed by atoms with van der Waals surface area (Å²) in [6, 6.07) is 6.13. The van der Waals surface area contributed by atoms with Crippen LogP contribution in [0.2, 0.25) is 0 Å². The van der Waals surface area contributed by atoms with Crippen molar-refractivity contribution in [1.82, 2.24) is 4.90 Å². The molecule has 0 atom stereocenters. The van der Waals surface area contributed by atoms with Gasteiger partial charge in [0.05, 0.1) is 0 Å². The predicted octanol–water partition coefficient (Wildman–Crippen LogP) is 2.75. The maximum absolute atomic E-state index is 5.95. The van der Waals surface area contributed by atoms with Crippen molar-refractivity contribution in [2.45, 2.75) is 13.5 Å². The first-order chi connectivity index (χ1) is 7.67. The normalized spacial score (nSPS) is 10.4. The Balaban J connectivity index is 2.79. The molecule has 0 spiro atoms. The zero-order valence-corrected chi connectivity index (χ0v) is 9.95. The molecule has 2 heteroatoms.